The molecule has 0 unspecified atom stereocenters. The summed E-state index contributed by atoms with van der Waals surface area (Å²) in [6.07, 6.45) is 9.06. The summed E-state index contributed by atoms with van der Waals surface area (Å²) in [5.41, 5.74) is 4.48. The highest BCUT2D eigenvalue weighted by Gasteiger charge is 2.13. The summed E-state index contributed by atoms with van der Waals surface area (Å²) in [6, 6.07) is 8.69. The van der Waals surface area contributed by atoms with Crippen molar-refractivity contribution in [1.82, 2.24) is 0 Å². The fourth-order valence-electron chi connectivity index (χ4n) is 2.05. The Labute approximate surface area is 86.7 Å². The minimum absolute atomic E-state index is 1.27. The fourth-order valence-corrected chi connectivity index (χ4v) is 2.05. The first-order valence-electron chi connectivity index (χ1n) is 5.72. The van der Waals surface area contributed by atoms with Crippen LogP contribution in [0.25, 0.3) is 11.6 Å². The van der Waals surface area contributed by atoms with Crippen molar-refractivity contribution in [3.8, 4) is 0 Å². The molecular formula is C14H18. The Morgan fingerprint density at radius 3 is 2.64 bits per heavy atom. The van der Waals surface area contributed by atoms with Crippen LogP contribution in [0.3, 0.4) is 0 Å². The molecule has 0 fully saturated rings. The van der Waals surface area contributed by atoms with E-state index < -0.39 is 0 Å². The highest BCUT2D eigenvalue weighted by molar-refractivity contribution is 5.95. The number of hydrogen-bond acceptors (Lipinski definition) is 0. The number of fused-ring (bicyclic) bond motifs is 1. The highest BCUT2D eigenvalue weighted by Crippen LogP contribution is 2.35. The van der Waals surface area contributed by atoms with Gasteiger partial charge in [-0.1, -0.05) is 56.5 Å². The summed E-state index contributed by atoms with van der Waals surface area (Å²) >= 11 is 0. The molecule has 0 spiro atoms. The molecule has 0 aromatic heterocycles. The number of unbranched alkanes of at least 4 members (excludes halogenated alkanes) is 3. The molecular weight excluding hydrogens is 168 g/mol. The van der Waals surface area contributed by atoms with Crippen molar-refractivity contribution in [2.75, 3.05) is 0 Å². The average Bonchev–Trinajstić information content (AvgIpc) is 2.19. The Hall–Kier alpha value is -1.04. The Kier molecular flexibility index (Phi) is 3.03. The molecule has 2 rings (SSSR count). The lowest BCUT2D eigenvalue weighted by Crippen LogP contribution is -1.98. The lowest BCUT2D eigenvalue weighted by atomic mass is 9.85. The van der Waals surface area contributed by atoms with Gasteiger partial charge < -0.3 is 0 Å². The Morgan fingerprint density at radius 1 is 1.00 bits per heavy atom. The van der Waals surface area contributed by atoms with Crippen LogP contribution in [0.4, 0.5) is 0 Å². The third kappa shape index (κ3) is 1.89. The van der Waals surface area contributed by atoms with E-state index in [4.69, 9.17) is 0 Å². The van der Waals surface area contributed by atoms with E-state index in [1.165, 1.54) is 43.2 Å². The topological polar surface area (TPSA) is 0 Å². The second-order valence-electron chi connectivity index (χ2n) is 4.07. The van der Waals surface area contributed by atoms with Crippen LogP contribution in [0.15, 0.2) is 24.3 Å². The maximum atomic E-state index is 2.33. The molecule has 74 valence electrons. The third-order valence-corrected chi connectivity index (χ3v) is 2.94. The maximum absolute atomic E-state index is 2.33. The van der Waals surface area contributed by atoms with Gasteiger partial charge in [0.2, 0.25) is 0 Å². The normalized spacial score (nSPS) is 13.1. The standard InChI is InChI=1S/C14H18/c1-2-3-4-5-8-12-11-13-9-6-7-10-14(12)13/h6-7,9-11H,2-5,8H2,1H3. The third-order valence-electron chi connectivity index (χ3n) is 2.94. The van der Waals surface area contributed by atoms with E-state index in [-0.39, 0.29) is 0 Å². The predicted octanol–water partition coefficient (Wildman–Crippen LogP) is 4.51. The molecule has 0 bridgehead atoms. The molecule has 1 aliphatic rings. The van der Waals surface area contributed by atoms with Gasteiger partial charge in [0.05, 0.1) is 0 Å². The van der Waals surface area contributed by atoms with Gasteiger partial charge in [0.15, 0.2) is 0 Å². The lowest BCUT2D eigenvalue weighted by Gasteiger charge is -2.19. The molecule has 1 aromatic carbocycles. The summed E-state index contributed by atoms with van der Waals surface area (Å²) in [5, 5.41) is 0. The van der Waals surface area contributed by atoms with Crippen molar-refractivity contribution in [2.24, 2.45) is 0 Å². The molecule has 0 amide bonds. The van der Waals surface area contributed by atoms with Gasteiger partial charge in [0, 0.05) is 0 Å². The SMILES string of the molecule is CCCCCCC1=Cc2ccccc21. The molecule has 1 aromatic rings. The van der Waals surface area contributed by atoms with Gasteiger partial charge in [-0.25, -0.2) is 0 Å². The molecule has 14 heavy (non-hydrogen) atoms. The second-order valence-corrected chi connectivity index (χ2v) is 4.07. The van der Waals surface area contributed by atoms with Gasteiger partial charge in [-0.15, -0.1) is 0 Å². The van der Waals surface area contributed by atoms with Gasteiger partial charge in [-0.3, -0.25) is 0 Å². The van der Waals surface area contributed by atoms with Crippen molar-refractivity contribution in [1.29, 1.82) is 0 Å². The van der Waals surface area contributed by atoms with E-state index in [2.05, 4.69) is 37.3 Å². The van der Waals surface area contributed by atoms with E-state index in [1.54, 1.807) is 5.57 Å². The largest absolute Gasteiger partial charge is 0.0654 e. The number of benzene rings is 1. The molecule has 0 heterocycles. The molecule has 0 aliphatic heterocycles. The zero-order valence-electron chi connectivity index (χ0n) is 8.92. The van der Waals surface area contributed by atoms with Crippen molar-refractivity contribution in [3.63, 3.8) is 0 Å². The lowest BCUT2D eigenvalue weighted by molar-refractivity contribution is 0.678. The van der Waals surface area contributed by atoms with Crippen LogP contribution < -0.4 is 0 Å². The highest BCUT2D eigenvalue weighted by atomic mass is 14.2. The Bertz CT molecular complexity index is 334. The molecule has 0 radical (unpaired) electrons. The maximum Gasteiger partial charge on any atom is -0.0152 e. The van der Waals surface area contributed by atoms with Crippen LogP contribution in [0, 0.1) is 0 Å². The minimum atomic E-state index is 1.27. The van der Waals surface area contributed by atoms with Crippen LogP contribution in [0.5, 0.6) is 0 Å². The van der Waals surface area contributed by atoms with Crippen LogP contribution in [-0.4, -0.2) is 0 Å². The van der Waals surface area contributed by atoms with Crippen molar-refractivity contribution in [3.05, 3.63) is 35.4 Å². The first-order chi connectivity index (χ1) is 6.92. The molecule has 0 heteroatoms. The summed E-state index contributed by atoms with van der Waals surface area (Å²) in [5.74, 6) is 0. The average molecular weight is 186 g/mol. The van der Waals surface area contributed by atoms with Crippen LogP contribution in [0.1, 0.15) is 50.2 Å². The zero-order chi connectivity index (χ0) is 9.80. The van der Waals surface area contributed by atoms with Gasteiger partial charge in [0.25, 0.3) is 0 Å². The summed E-state index contributed by atoms with van der Waals surface area (Å²) in [6.45, 7) is 2.26. The number of hydrogen-bond donors (Lipinski definition) is 0. The molecule has 1 aliphatic carbocycles. The van der Waals surface area contributed by atoms with Gasteiger partial charge in [0.1, 0.15) is 0 Å². The van der Waals surface area contributed by atoms with Crippen LogP contribution >= 0.6 is 0 Å². The zero-order valence-corrected chi connectivity index (χ0v) is 8.92. The van der Waals surface area contributed by atoms with Gasteiger partial charge >= 0.3 is 0 Å². The molecule has 0 nitrogen and oxygen atoms in total. The number of allylic oxidation sites excluding steroid dienone is 1. The Morgan fingerprint density at radius 2 is 1.86 bits per heavy atom. The summed E-state index contributed by atoms with van der Waals surface area (Å²) in [7, 11) is 0. The predicted molar refractivity (Wildman–Crippen MR) is 63.1 cm³/mol. The van der Waals surface area contributed by atoms with E-state index in [0.29, 0.717) is 0 Å². The van der Waals surface area contributed by atoms with E-state index in [1.807, 2.05) is 0 Å². The monoisotopic (exact) mass is 186 g/mol. The Balaban J connectivity index is 1.81. The van der Waals surface area contributed by atoms with E-state index in [0.717, 1.165) is 0 Å². The fraction of sp³-hybridized carbons (Fsp3) is 0.429. The second kappa shape index (κ2) is 4.45. The van der Waals surface area contributed by atoms with Crippen LogP contribution in [-0.2, 0) is 0 Å². The molecule has 0 atom stereocenters. The van der Waals surface area contributed by atoms with Gasteiger partial charge in [-0.05, 0) is 29.5 Å². The van der Waals surface area contributed by atoms with E-state index in [9.17, 15) is 0 Å². The quantitative estimate of drug-likeness (QED) is 0.593. The summed E-state index contributed by atoms with van der Waals surface area (Å²) < 4.78 is 0. The number of rotatable bonds is 5. The molecule has 0 N–H and O–H groups in total. The summed E-state index contributed by atoms with van der Waals surface area (Å²) in [4.78, 5) is 0. The molecule has 0 saturated heterocycles. The first-order valence-corrected chi connectivity index (χ1v) is 5.72. The molecule has 0 saturated carbocycles. The van der Waals surface area contributed by atoms with Crippen molar-refractivity contribution < 1.29 is 0 Å². The van der Waals surface area contributed by atoms with Crippen molar-refractivity contribution >= 4 is 11.6 Å². The first kappa shape index (κ1) is 9.51. The minimum Gasteiger partial charge on any atom is -0.0654 e. The van der Waals surface area contributed by atoms with Crippen LogP contribution in [0.2, 0.25) is 0 Å². The smallest absolute Gasteiger partial charge is 0.0152 e. The van der Waals surface area contributed by atoms with Crippen molar-refractivity contribution in [2.45, 2.75) is 39.0 Å². The van der Waals surface area contributed by atoms with Gasteiger partial charge in [-0.2, -0.15) is 0 Å². The van der Waals surface area contributed by atoms with E-state index >= 15 is 0 Å².